The van der Waals surface area contributed by atoms with Gasteiger partial charge >= 0.3 is 0 Å². The zero-order chi connectivity index (χ0) is 13.1. The lowest BCUT2D eigenvalue weighted by atomic mass is 9.98. The van der Waals surface area contributed by atoms with Gasteiger partial charge in [0.05, 0.1) is 18.9 Å². The van der Waals surface area contributed by atoms with Crippen LogP contribution in [0, 0.1) is 0 Å². The standard InChI is InChI=1S/C12H22N2O3/c1-6-14-11(10(16-4)8-13-14)9(15)7-12(2,3)17-5/h8-9,15H,6-7H2,1-5H3. The van der Waals surface area contributed by atoms with Gasteiger partial charge in [-0.05, 0) is 20.8 Å². The highest BCUT2D eigenvalue weighted by molar-refractivity contribution is 5.27. The second kappa shape index (κ2) is 5.51. The number of hydrogen-bond donors (Lipinski definition) is 1. The summed E-state index contributed by atoms with van der Waals surface area (Å²) in [6.45, 7) is 6.55. The number of aliphatic hydroxyl groups is 1. The molecule has 1 aromatic rings. The number of rotatable bonds is 6. The molecule has 0 aromatic carbocycles. The Morgan fingerprint density at radius 2 is 2.12 bits per heavy atom. The molecular formula is C12H22N2O3. The molecule has 0 saturated carbocycles. The molecule has 17 heavy (non-hydrogen) atoms. The van der Waals surface area contributed by atoms with E-state index in [1.807, 2.05) is 20.8 Å². The van der Waals surface area contributed by atoms with Crippen LogP contribution in [0.5, 0.6) is 5.75 Å². The fourth-order valence-electron chi connectivity index (χ4n) is 1.77. The second-order valence-electron chi connectivity index (χ2n) is 4.60. The zero-order valence-corrected chi connectivity index (χ0v) is 11.2. The Morgan fingerprint density at radius 3 is 2.59 bits per heavy atom. The maximum Gasteiger partial charge on any atom is 0.162 e. The van der Waals surface area contributed by atoms with Crippen molar-refractivity contribution < 1.29 is 14.6 Å². The summed E-state index contributed by atoms with van der Waals surface area (Å²) in [5, 5.41) is 14.5. The quantitative estimate of drug-likeness (QED) is 0.826. The van der Waals surface area contributed by atoms with Crippen molar-refractivity contribution in [3.05, 3.63) is 11.9 Å². The fraction of sp³-hybridized carbons (Fsp3) is 0.750. The van der Waals surface area contributed by atoms with E-state index >= 15 is 0 Å². The highest BCUT2D eigenvalue weighted by atomic mass is 16.5. The first kappa shape index (κ1) is 14.0. The van der Waals surface area contributed by atoms with Crippen LogP contribution in [-0.2, 0) is 11.3 Å². The van der Waals surface area contributed by atoms with Crippen LogP contribution in [0.4, 0.5) is 0 Å². The molecule has 1 aromatic heterocycles. The normalized spacial score (nSPS) is 13.8. The van der Waals surface area contributed by atoms with Gasteiger partial charge in [0.2, 0.25) is 0 Å². The van der Waals surface area contributed by atoms with Gasteiger partial charge in [-0.2, -0.15) is 5.10 Å². The van der Waals surface area contributed by atoms with E-state index < -0.39 is 6.10 Å². The van der Waals surface area contributed by atoms with Crippen LogP contribution in [0.3, 0.4) is 0 Å². The van der Waals surface area contributed by atoms with Crippen LogP contribution >= 0.6 is 0 Å². The summed E-state index contributed by atoms with van der Waals surface area (Å²) in [4.78, 5) is 0. The number of aliphatic hydroxyl groups excluding tert-OH is 1. The highest BCUT2D eigenvalue weighted by Crippen LogP contribution is 2.31. The average Bonchev–Trinajstić information content (AvgIpc) is 2.71. The number of aryl methyl sites for hydroxylation is 1. The minimum atomic E-state index is -0.651. The molecule has 0 bridgehead atoms. The minimum absolute atomic E-state index is 0.382. The molecule has 1 heterocycles. The van der Waals surface area contributed by atoms with Crippen LogP contribution in [0.25, 0.3) is 0 Å². The Balaban J connectivity index is 2.94. The Kier molecular flexibility index (Phi) is 4.54. The summed E-state index contributed by atoms with van der Waals surface area (Å²) in [5.74, 6) is 0.617. The molecule has 5 heteroatoms. The lowest BCUT2D eigenvalue weighted by Gasteiger charge is -2.26. The van der Waals surface area contributed by atoms with E-state index in [0.29, 0.717) is 24.4 Å². The second-order valence-corrected chi connectivity index (χ2v) is 4.60. The topological polar surface area (TPSA) is 56.5 Å². The van der Waals surface area contributed by atoms with Gasteiger partial charge in [0.1, 0.15) is 11.8 Å². The van der Waals surface area contributed by atoms with Crippen LogP contribution in [0.2, 0.25) is 0 Å². The summed E-state index contributed by atoms with van der Waals surface area (Å²) in [6.07, 6.45) is 1.47. The molecular weight excluding hydrogens is 220 g/mol. The van der Waals surface area contributed by atoms with Gasteiger partial charge in [-0.1, -0.05) is 0 Å². The SMILES string of the molecule is CCn1ncc(OC)c1C(O)CC(C)(C)OC. The average molecular weight is 242 g/mol. The molecule has 0 aliphatic heterocycles. The van der Waals surface area contributed by atoms with Gasteiger partial charge in [0, 0.05) is 20.1 Å². The van der Waals surface area contributed by atoms with Crippen molar-refractivity contribution in [1.82, 2.24) is 9.78 Å². The predicted octanol–water partition coefficient (Wildman–Crippen LogP) is 1.76. The summed E-state index contributed by atoms with van der Waals surface area (Å²) >= 11 is 0. The Bertz CT molecular complexity index is 339. The largest absolute Gasteiger partial charge is 0.493 e. The van der Waals surface area contributed by atoms with Crippen molar-refractivity contribution in [2.24, 2.45) is 0 Å². The molecule has 5 nitrogen and oxygen atoms in total. The highest BCUT2D eigenvalue weighted by Gasteiger charge is 2.27. The maximum absolute atomic E-state index is 10.3. The monoisotopic (exact) mass is 242 g/mol. The molecule has 1 unspecified atom stereocenters. The van der Waals surface area contributed by atoms with Gasteiger partial charge in [0.25, 0.3) is 0 Å². The Morgan fingerprint density at radius 1 is 1.47 bits per heavy atom. The van der Waals surface area contributed by atoms with E-state index in [1.165, 1.54) is 0 Å². The van der Waals surface area contributed by atoms with E-state index in [0.717, 1.165) is 0 Å². The van der Waals surface area contributed by atoms with Crippen molar-refractivity contribution in [3.8, 4) is 5.75 Å². The summed E-state index contributed by atoms with van der Waals surface area (Å²) in [7, 11) is 3.22. The molecule has 1 atom stereocenters. The lowest BCUT2D eigenvalue weighted by molar-refractivity contribution is -0.0224. The molecule has 1 N–H and O–H groups in total. The zero-order valence-electron chi connectivity index (χ0n) is 11.2. The number of ether oxygens (including phenoxy) is 2. The van der Waals surface area contributed by atoms with E-state index in [4.69, 9.17) is 9.47 Å². The molecule has 0 saturated heterocycles. The molecule has 0 amide bonds. The third-order valence-electron chi connectivity index (χ3n) is 2.92. The van der Waals surface area contributed by atoms with Crippen molar-refractivity contribution in [2.75, 3.05) is 14.2 Å². The first-order valence-corrected chi connectivity index (χ1v) is 5.78. The van der Waals surface area contributed by atoms with E-state index in [-0.39, 0.29) is 5.60 Å². The first-order valence-electron chi connectivity index (χ1n) is 5.78. The molecule has 1 rings (SSSR count). The van der Waals surface area contributed by atoms with Gasteiger partial charge in [-0.15, -0.1) is 0 Å². The molecule has 0 radical (unpaired) electrons. The van der Waals surface area contributed by atoms with E-state index in [2.05, 4.69) is 5.10 Å². The molecule has 0 fully saturated rings. The molecule has 98 valence electrons. The molecule has 0 aliphatic rings. The third-order valence-corrected chi connectivity index (χ3v) is 2.92. The number of aromatic nitrogens is 2. The smallest absolute Gasteiger partial charge is 0.162 e. The van der Waals surface area contributed by atoms with Crippen LogP contribution in [-0.4, -0.2) is 34.7 Å². The first-order chi connectivity index (χ1) is 7.95. The van der Waals surface area contributed by atoms with Crippen molar-refractivity contribution in [1.29, 1.82) is 0 Å². The van der Waals surface area contributed by atoms with Gasteiger partial charge in [0.15, 0.2) is 5.75 Å². The van der Waals surface area contributed by atoms with Crippen molar-refractivity contribution in [2.45, 2.75) is 45.4 Å². The Labute approximate surface area is 102 Å². The van der Waals surface area contributed by atoms with E-state index in [1.54, 1.807) is 25.1 Å². The number of methoxy groups -OCH3 is 2. The van der Waals surface area contributed by atoms with Gasteiger partial charge in [-0.3, -0.25) is 4.68 Å². The summed E-state index contributed by atoms with van der Waals surface area (Å²) in [5.41, 5.74) is 0.327. The van der Waals surface area contributed by atoms with Crippen LogP contribution in [0.15, 0.2) is 6.20 Å². The Hall–Kier alpha value is -1.07. The van der Waals surface area contributed by atoms with Crippen molar-refractivity contribution >= 4 is 0 Å². The fourth-order valence-corrected chi connectivity index (χ4v) is 1.77. The van der Waals surface area contributed by atoms with Crippen molar-refractivity contribution in [3.63, 3.8) is 0 Å². The summed E-state index contributed by atoms with van der Waals surface area (Å²) in [6, 6.07) is 0. The van der Waals surface area contributed by atoms with Crippen LogP contribution in [0.1, 0.15) is 39.0 Å². The lowest BCUT2D eigenvalue weighted by Crippen LogP contribution is -2.26. The van der Waals surface area contributed by atoms with Gasteiger partial charge in [-0.25, -0.2) is 0 Å². The third kappa shape index (κ3) is 3.20. The van der Waals surface area contributed by atoms with E-state index in [9.17, 15) is 5.11 Å². The van der Waals surface area contributed by atoms with Crippen LogP contribution < -0.4 is 4.74 Å². The molecule has 0 aliphatic carbocycles. The number of hydrogen-bond acceptors (Lipinski definition) is 4. The predicted molar refractivity (Wildman–Crippen MR) is 65.1 cm³/mol. The maximum atomic E-state index is 10.3. The minimum Gasteiger partial charge on any atom is -0.493 e. The molecule has 0 spiro atoms. The van der Waals surface area contributed by atoms with Gasteiger partial charge < -0.3 is 14.6 Å². The summed E-state index contributed by atoms with van der Waals surface area (Å²) < 4.78 is 12.3. The number of nitrogens with zero attached hydrogens (tertiary/aromatic N) is 2.